The van der Waals surface area contributed by atoms with Crippen molar-refractivity contribution in [1.82, 2.24) is 0 Å². The molecular formula is C13H17NO. The average Bonchev–Trinajstić information content (AvgIpc) is 2.73. The van der Waals surface area contributed by atoms with Crippen LogP contribution in [0.5, 0.6) is 0 Å². The standard InChI is InChI=1S/C13H17NO/c1-3-11-12(4-2)15-13(14-11)10-8-6-5-7-9-10/h5-9,11-12H,3-4H2,1-2H3/t11-,12-/m1/s1. The van der Waals surface area contributed by atoms with Gasteiger partial charge in [-0.3, -0.25) is 0 Å². The molecule has 0 N–H and O–H groups in total. The molecule has 2 heteroatoms. The van der Waals surface area contributed by atoms with Crippen molar-refractivity contribution in [2.75, 3.05) is 0 Å². The summed E-state index contributed by atoms with van der Waals surface area (Å²) in [5, 5.41) is 0. The van der Waals surface area contributed by atoms with Crippen LogP contribution in [0.3, 0.4) is 0 Å². The van der Waals surface area contributed by atoms with Gasteiger partial charge in [0.1, 0.15) is 6.10 Å². The molecule has 1 aliphatic heterocycles. The molecule has 0 bridgehead atoms. The van der Waals surface area contributed by atoms with E-state index in [2.05, 4.69) is 18.8 Å². The monoisotopic (exact) mass is 203 g/mol. The highest BCUT2D eigenvalue weighted by molar-refractivity contribution is 5.95. The van der Waals surface area contributed by atoms with Gasteiger partial charge < -0.3 is 4.74 Å². The van der Waals surface area contributed by atoms with Crippen molar-refractivity contribution in [3.05, 3.63) is 35.9 Å². The second kappa shape index (κ2) is 4.47. The Balaban J connectivity index is 2.19. The summed E-state index contributed by atoms with van der Waals surface area (Å²) in [4.78, 5) is 4.62. The first kappa shape index (κ1) is 10.2. The van der Waals surface area contributed by atoms with E-state index in [1.807, 2.05) is 30.3 Å². The van der Waals surface area contributed by atoms with Crippen LogP contribution in [0.25, 0.3) is 0 Å². The first-order chi connectivity index (χ1) is 7.35. The Morgan fingerprint density at radius 2 is 1.87 bits per heavy atom. The smallest absolute Gasteiger partial charge is 0.216 e. The molecule has 0 saturated carbocycles. The Morgan fingerprint density at radius 3 is 2.40 bits per heavy atom. The summed E-state index contributed by atoms with van der Waals surface area (Å²) in [6, 6.07) is 10.5. The summed E-state index contributed by atoms with van der Waals surface area (Å²) in [7, 11) is 0. The predicted molar refractivity (Wildman–Crippen MR) is 62.2 cm³/mol. The second-order valence-electron chi connectivity index (χ2n) is 3.84. The van der Waals surface area contributed by atoms with Gasteiger partial charge in [0.25, 0.3) is 0 Å². The van der Waals surface area contributed by atoms with Gasteiger partial charge in [0.2, 0.25) is 5.90 Å². The third-order valence-electron chi connectivity index (χ3n) is 2.82. The lowest BCUT2D eigenvalue weighted by Gasteiger charge is -2.13. The molecule has 1 aromatic carbocycles. The van der Waals surface area contributed by atoms with Crippen LogP contribution in [0.4, 0.5) is 0 Å². The molecule has 80 valence electrons. The fraction of sp³-hybridized carbons (Fsp3) is 0.462. The molecule has 1 heterocycles. The third kappa shape index (κ3) is 2.04. The van der Waals surface area contributed by atoms with E-state index in [0.29, 0.717) is 6.04 Å². The zero-order chi connectivity index (χ0) is 10.7. The summed E-state index contributed by atoms with van der Waals surface area (Å²) in [5.41, 5.74) is 1.09. The molecule has 0 radical (unpaired) electrons. The maximum absolute atomic E-state index is 5.85. The first-order valence-electron chi connectivity index (χ1n) is 5.65. The lowest BCUT2D eigenvalue weighted by atomic mass is 10.1. The number of aliphatic imine (C=N–C) groups is 1. The predicted octanol–water partition coefficient (Wildman–Crippen LogP) is 3.02. The lowest BCUT2D eigenvalue weighted by molar-refractivity contribution is 0.185. The second-order valence-corrected chi connectivity index (χ2v) is 3.84. The summed E-state index contributed by atoms with van der Waals surface area (Å²) >= 11 is 0. The van der Waals surface area contributed by atoms with E-state index in [1.165, 1.54) is 0 Å². The van der Waals surface area contributed by atoms with Crippen LogP contribution in [0.1, 0.15) is 32.3 Å². The Kier molecular flexibility index (Phi) is 3.05. The van der Waals surface area contributed by atoms with Crippen molar-refractivity contribution in [2.24, 2.45) is 4.99 Å². The normalized spacial score (nSPS) is 24.8. The third-order valence-corrected chi connectivity index (χ3v) is 2.82. The molecule has 0 amide bonds. The fourth-order valence-electron chi connectivity index (χ4n) is 1.92. The van der Waals surface area contributed by atoms with E-state index < -0.39 is 0 Å². The van der Waals surface area contributed by atoms with Gasteiger partial charge in [0.05, 0.1) is 6.04 Å². The maximum Gasteiger partial charge on any atom is 0.216 e. The number of ether oxygens (including phenoxy) is 1. The summed E-state index contributed by atoms with van der Waals surface area (Å²) < 4.78 is 5.85. The molecule has 1 aromatic rings. The van der Waals surface area contributed by atoms with Gasteiger partial charge in [-0.25, -0.2) is 4.99 Å². The highest BCUT2D eigenvalue weighted by Gasteiger charge is 2.28. The van der Waals surface area contributed by atoms with Crippen LogP contribution in [0.15, 0.2) is 35.3 Å². The molecular weight excluding hydrogens is 186 g/mol. The fourth-order valence-corrected chi connectivity index (χ4v) is 1.92. The minimum Gasteiger partial charge on any atom is -0.472 e. The highest BCUT2D eigenvalue weighted by atomic mass is 16.5. The maximum atomic E-state index is 5.85. The molecule has 1 aliphatic rings. The first-order valence-corrected chi connectivity index (χ1v) is 5.65. The number of rotatable bonds is 3. The Morgan fingerprint density at radius 1 is 1.13 bits per heavy atom. The van der Waals surface area contributed by atoms with Crippen LogP contribution >= 0.6 is 0 Å². The van der Waals surface area contributed by atoms with Crippen LogP contribution < -0.4 is 0 Å². The van der Waals surface area contributed by atoms with E-state index in [1.54, 1.807) is 0 Å². The van der Waals surface area contributed by atoms with Gasteiger partial charge in [-0.05, 0) is 25.0 Å². The molecule has 2 atom stereocenters. The van der Waals surface area contributed by atoms with E-state index in [9.17, 15) is 0 Å². The number of hydrogen-bond donors (Lipinski definition) is 0. The summed E-state index contributed by atoms with van der Waals surface area (Å²) in [6.07, 6.45) is 2.35. The molecule has 15 heavy (non-hydrogen) atoms. The lowest BCUT2D eigenvalue weighted by Crippen LogP contribution is -2.20. The van der Waals surface area contributed by atoms with Gasteiger partial charge in [-0.2, -0.15) is 0 Å². The molecule has 0 aliphatic carbocycles. The highest BCUT2D eigenvalue weighted by Crippen LogP contribution is 2.22. The molecule has 0 unspecified atom stereocenters. The Bertz CT molecular complexity index is 345. The van der Waals surface area contributed by atoms with Crippen LogP contribution in [0.2, 0.25) is 0 Å². The molecule has 0 spiro atoms. The van der Waals surface area contributed by atoms with Crippen molar-refractivity contribution < 1.29 is 4.74 Å². The largest absolute Gasteiger partial charge is 0.472 e. The molecule has 2 nitrogen and oxygen atoms in total. The topological polar surface area (TPSA) is 21.6 Å². The van der Waals surface area contributed by atoms with Crippen LogP contribution in [-0.2, 0) is 4.74 Å². The molecule has 0 saturated heterocycles. The minimum atomic E-state index is 0.269. The molecule has 0 aromatic heterocycles. The van der Waals surface area contributed by atoms with Crippen molar-refractivity contribution in [2.45, 2.75) is 38.8 Å². The molecule has 0 fully saturated rings. The van der Waals surface area contributed by atoms with Gasteiger partial charge in [-0.1, -0.05) is 32.0 Å². The van der Waals surface area contributed by atoms with Gasteiger partial charge >= 0.3 is 0 Å². The number of nitrogens with zero attached hydrogens (tertiary/aromatic N) is 1. The van der Waals surface area contributed by atoms with Crippen LogP contribution in [-0.4, -0.2) is 18.0 Å². The quantitative estimate of drug-likeness (QED) is 0.740. The van der Waals surface area contributed by atoms with E-state index >= 15 is 0 Å². The van der Waals surface area contributed by atoms with Gasteiger partial charge in [0.15, 0.2) is 0 Å². The van der Waals surface area contributed by atoms with Gasteiger partial charge in [0, 0.05) is 5.56 Å². The van der Waals surface area contributed by atoms with E-state index in [-0.39, 0.29) is 6.10 Å². The molecule has 2 rings (SSSR count). The van der Waals surface area contributed by atoms with E-state index in [0.717, 1.165) is 24.3 Å². The van der Waals surface area contributed by atoms with E-state index in [4.69, 9.17) is 4.74 Å². The van der Waals surface area contributed by atoms with Gasteiger partial charge in [-0.15, -0.1) is 0 Å². The van der Waals surface area contributed by atoms with Crippen molar-refractivity contribution in [1.29, 1.82) is 0 Å². The number of benzene rings is 1. The average molecular weight is 203 g/mol. The zero-order valence-electron chi connectivity index (χ0n) is 9.31. The SMILES string of the molecule is CC[C@H]1N=C(c2ccccc2)O[C@@H]1CC. The zero-order valence-corrected chi connectivity index (χ0v) is 9.31. The minimum absolute atomic E-state index is 0.269. The Labute approximate surface area is 91.0 Å². The van der Waals surface area contributed by atoms with Crippen molar-refractivity contribution >= 4 is 5.90 Å². The van der Waals surface area contributed by atoms with Crippen molar-refractivity contribution in [3.63, 3.8) is 0 Å². The Hall–Kier alpha value is -1.31. The van der Waals surface area contributed by atoms with Crippen molar-refractivity contribution in [3.8, 4) is 0 Å². The van der Waals surface area contributed by atoms with Crippen LogP contribution in [0, 0.1) is 0 Å². The summed E-state index contributed by atoms with van der Waals surface area (Å²) in [5.74, 6) is 0.814. The summed E-state index contributed by atoms with van der Waals surface area (Å²) in [6.45, 7) is 4.31. The number of hydrogen-bond acceptors (Lipinski definition) is 2.